The number of benzene rings is 1. The molecular weight excluding hydrogens is 521 g/mol. The van der Waals surface area contributed by atoms with Gasteiger partial charge in [0.2, 0.25) is 0 Å². The molecule has 3 aromatic rings. The molecule has 0 spiro atoms. The number of carbonyl (C=O) groups excluding carboxylic acids is 1. The van der Waals surface area contributed by atoms with Gasteiger partial charge in [0.25, 0.3) is 0 Å². The van der Waals surface area contributed by atoms with E-state index in [0.29, 0.717) is 19.0 Å². The lowest BCUT2D eigenvalue weighted by Gasteiger charge is -2.24. The van der Waals surface area contributed by atoms with Crippen molar-refractivity contribution in [2.45, 2.75) is 39.0 Å². The normalized spacial score (nSPS) is 12.6. The number of hydrogen-bond acceptors (Lipinski definition) is 5. The number of fused-ring (bicyclic) bond motifs is 1. The van der Waals surface area contributed by atoms with Crippen LogP contribution in [0.3, 0.4) is 0 Å². The number of carbonyl (C=O) groups is 1. The lowest BCUT2D eigenvalue weighted by atomic mass is 10.1. The summed E-state index contributed by atoms with van der Waals surface area (Å²) in [6.07, 6.45) is 1.44. The molecule has 0 radical (unpaired) electrons. The highest BCUT2D eigenvalue weighted by molar-refractivity contribution is 14.0. The molecule has 0 saturated heterocycles. The minimum atomic E-state index is -0.572. The van der Waals surface area contributed by atoms with Crippen LogP contribution in [0.5, 0.6) is 0 Å². The largest absolute Gasteiger partial charge is 0.444 e. The molecular formula is C22H30IN7O2. The average Bonchev–Trinajstić information content (AvgIpc) is 3.15. The Labute approximate surface area is 205 Å². The van der Waals surface area contributed by atoms with Gasteiger partial charge in [0, 0.05) is 19.8 Å². The summed E-state index contributed by atoms with van der Waals surface area (Å²) in [5.74, 6) is 1.35. The monoisotopic (exact) mass is 551 g/mol. The number of amides is 1. The van der Waals surface area contributed by atoms with Crippen molar-refractivity contribution in [2.24, 2.45) is 4.99 Å². The summed E-state index contributed by atoms with van der Waals surface area (Å²) in [7, 11) is 1.69. The molecule has 0 bridgehead atoms. The molecule has 1 aromatic carbocycles. The summed E-state index contributed by atoms with van der Waals surface area (Å²) in [5, 5.41) is 17.8. The van der Waals surface area contributed by atoms with Crippen LogP contribution in [0.25, 0.3) is 5.65 Å². The van der Waals surface area contributed by atoms with Crippen LogP contribution in [-0.2, 0) is 11.3 Å². The van der Waals surface area contributed by atoms with Crippen LogP contribution in [0, 0.1) is 0 Å². The number of halogens is 1. The highest BCUT2D eigenvalue weighted by atomic mass is 127. The molecule has 0 aliphatic carbocycles. The second-order valence-electron chi connectivity index (χ2n) is 7.96. The predicted molar refractivity (Wildman–Crippen MR) is 135 cm³/mol. The fourth-order valence-electron chi connectivity index (χ4n) is 2.98. The van der Waals surface area contributed by atoms with Crippen molar-refractivity contribution in [1.29, 1.82) is 0 Å². The summed E-state index contributed by atoms with van der Waals surface area (Å²) in [6.45, 7) is 6.37. The molecule has 1 amide bonds. The van der Waals surface area contributed by atoms with E-state index in [1.54, 1.807) is 7.05 Å². The molecule has 2 aromatic heterocycles. The number of ether oxygens (including phenoxy) is 1. The first-order chi connectivity index (χ1) is 14.9. The van der Waals surface area contributed by atoms with Gasteiger partial charge in [0.05, 0.1) is 12.6 Å². The Morgan fingerprint density at radius 1 is 1.09 bits per heavy atom. The first-order valence-corrected chi connectivity index (χ1v) is 10.1. The second-order valence-corrected chi connectivity index (χ2v) is 7.96. The van der Waals surface area contributed by atoms with E-state index < -0.39 is 11.7 Å². The Kier molecular flexibility index (Phi) is 9.24. The van der Waals surface area contributed by atoms with Crippen molar-refractivity contribution in [2.75, 3.05) is 13.6 Å². The number of rotatable bonds is 6. The van der Waals surface area contributed by atoms with Gasteiger partial charge in [-0.2, -0.15) is 0 Å². The van der Waals surface area contributed by atoms with Gasteiger partial charge in [0.1, 0.15) is 5.60 Å². The highest BCUT2D eigenvalue weighted by Gasteiger charge is 2.21. The number of hydrogen-bond donors (Lipinski definition) is 3. The van der Waals surface area contributed by atoms with E-state index in [2.05, 4.69) is 31.1 Å². The van der Waals surface area contributed by atoms with Crippen molar-refractivity contribution in [3.63, 3.8) is 0 Å². The maximum atomic E-state index is 12.3. The zero-order valence-corrected chi connectivity index (χ0v) is 21.0. The summed E-state index contributed by atoms with van der Waals surface area (Å²) in [5.41, 5.74) is 1.17. The second kappa shape index (κ2) is 11.7. The molecule has 32 heavy (non-hydrogen) atoms. The van der Waals surface area contributed by atoms with Gasteiger partial charge in [-0.25, -0.2) is 4.79 Å². The smallest absolute Gasteiger partial charge is 0.408 e. The minimum absolute atomic E-state index is 0. The van der Waals surface area contributed by atoms with E-state index in [1.807, 2.05) is 79.9 Å². The van der Waals surface area contributed by atoms with Gasteiger partial charge in [0.15, 0.2) is 17.4 Å². The Balaban J connectivity index is 0.00000363. The Bertz CT molecular complexity index is 1030. The molecule has 9 nitrogen and oxygen atoms in total. The summed E-state index contributed by atoms with van der Waals surface area (Å²) >= 11 is 0. The summed E-state index contributed by atoms with van der Waals surface area (Å²) in [4.78, 5) is 16.6. The Morgan fingerprint density at radius 3 is 2.50 bits per heavy atom. The highest BCUT2D eigenvalue weighted by Crippen LogP contribution is 2.14. The van der Waals surface area contributed by atoms with E-state index in [4.69, 9.17) is 4.74 Å². The van der Waals surface area contributed by atoms with Crippen LogP contribution in [-0.4, -0.2) is 45.8 Å². The number of aliphatic imine (C=N–C) groups is 1. The third-order valence-electron chi connectivity index (χ3n) is 4.39. The third kappa shape index (κ3) is 7.36. The van der Waals surface area contributed by atoms with Gasteiger partial charge in [-0.1, -0.05) is 36.4 Å². The van der Waals surface area contributed by atoms with E-state index >= 15 is 0 Å². The molecule has 3 rings (SSSR count). The topological polar surface area (TPSA) is 105 Å². The SMILES string of the molecule is CN=C(NCc1nnc2ccccn12)NCC(NC(=O)OC(C)(C)C)c1ccccc1.I. The maximum absolute atomic E-state index is 12.3. The van der Waals surface area contributed by atoms with Crippen LogP contribution in [0.15, 0.2) is 59.7 Å². The summed E-state index contributed by atoms with van der Waals surface area (Å²) < 4.78 is 7.33. The van der Waals surface area contributed by atoms with Gasteiger partial charge >= 0.3 is 6.09 Å². The van der Waals surface area contributed by atoms with Crippen molar-refractivity contribution in [3.05, 3.63) is 66.1 Å². The quantitative estimate of drug-likeness (QED) is 0.247. The lowest BCUT2D eigenvalue weighted by molar-refractivity contribution is 0.0504. The van der Waals surface area contributed by atoms with Crippen molar-refractivity contribution in [3.8, 4) is 0 Å². The fraction of sp³-hybridized carbons (Fsp3) is 0.364. The molecule has 3 N–H and O–H groups in total. The van der Waals surface area contributed by atoms with Crippen LogP contribution in [0.2, 0.25) is 0 Å². The number of guanidine groups is 1. The number of aromatic nitrogens is 3. The number of pyridine rings is 1. The molecule has 0 fully saturated rings. The first kappa shape index (κ1) is 25.4. The number of nitrogens with one attached hydrogen (secondary N) is 3. The van der Waals surface area contributed by atoms with Crippen LogP contribution < -0.4 is 16.0 Å². The zero-order valence-electron chi connectivity index (χ0n) is 18.7. The van der Waals surface area contributed by atoms with Crippen molar-refractivity contribution < 1.29 is 9.53 Å². The molecule has 0 aliphatic rings. The van der Waals surface area contributed by atoms with Crippen LogP contribution >= 0.6 is 24.0 Å². The Hall–Kier alpha value is -2.89. The van der Waals surface area contributed by atoms with Crippen LogP contribution in [0.1, 0.15) is 38.2 Å². The maximum Gasteiger partial charge on any atom is 0.408 e. The molecule has 1 unspecified atom stereocenters. The van der Waals surface area contributed by atoms with Crippen molar-refractivity contribution >= 4 is 41.7 Å². The average molecular weight is 551 g/mol. The summed E-state index contributed by atoms with van der Waals surface area (Å²) in [6, 6.07) is 15.2. The third-order valence-corrected chi connectivity index (χ3v) is 4.39. The van der Waals surface area contributed by atoms with E-state index in [9.17, 15) is 4.79 Å². The van der Waals surface area contributed by atoms with Crippen LogP contribution in [0.4, 0.5) is 4.79 Å². The van der Waals surface area contributed by atoms with Gasteiger partial charge in [-0.3, -0.25) is 9.39 Å². The Morgan fingerprint density at radius 2 is 1.81 bits per heavy atom. The van der Waals surface area contributed by atoms with Crippen molar-refractivity contribution in [1.82, 2.24) is 30.5 Å². The van der Waals surface area contributed by atoms with E-state index in [0.717, 1.165) is 17.0 Å². The lowest BCUT2D eigenvalue weighted by Crippen LogP contribution is -2.44. The van der Waals surface area contributed by atoms with Gasteiger partial charge in [-0.15, -0.1) is 34.2 Å². The number of nitrogens with zero attached hydrogens (tertiary/aromatic N) is 4. The molecule has 10 heteroatoms. The van der Waals surface area contributed by atoms with Gasteiger partial charge in [-0.05, 0) is 38.5 Å². The van der Waals surface area contributed by atoms with E-state index in [-0.39, 0.29) is 30.0 Å². The standard InChI is InChI=1S/C22H29N7O2.HI/c1-22(2,3)31-21(30)26-17(16-10-6-5-7-11-16)14-24-20(23-4)25-15-19-28-27-18-12-8-9-13-29(18)19;/h5-13,17H,14-15H2,1-4H3,(H,26,30)(H2,23,24,25);1H. The molecule has 1 atom stereocenters. The number of alkyl carbamates (subject to hydrolysis) is 1. The zero-order chi connectivity index (χ0) is 22.3. The molecule has 0 saturated carbocycles. The molecule has 2 heterocycles. The molecule has 172 valence electrons. The minimum Gasteiger partial charge on any atom is -0.444 e. The van der Waals surface area contributed by atoms with E-state index in [1.165, 1.54) is 0 Å². The molecule has 0 aliphatic heterocycles. The first-order valence-electron chi connectivity index (χ1n) is 10.1. The fourth-order valence-corrected chi connectivity index (χ4v) is 2.98. The van der Waals surface area contributed by atoms with Gasteiger partial charge < -0.3 is 20.7 Å². The predicted octanol–water partition coefficient (Wildman–Crippen LogP) is 3.28.